The van der Waals surface area contributed by atoms with Gasteiger partial charge in [-0.05, 0) is 54.8 Å². The van der Waals surface area contributed by atoms with Crippen molar-refractivity contribution in [3.05, 3.63) is 77.9 Å². The van der Waals surface area contributed by atoms with Crippen molar-refractivity contribution in [3.63, 3.8) is 0 Å². The van der Waals surface area contributed by atoms with Crippen LogP contribution in [0.4, 0.5) is 22.7 Å². The molecule has 3 aromatic rings. The normalized spacial score (nSPS) is 13.0. The van der Waals surface area contributed by atoms with Crippen LogP contribution in [0.25, 0.3) is 0 Å². The molecule has 0 aromatic heterocycles. The third kappa shape index (κ3) is 2.69. The summed E-state index contributed by atoms with van der Waals surface area (Å²) in [7, 11) is 0. The first-order chi connectivity index (χ1) is 11.7. The molecule has 0 radical (unpaired) electrons. The quantitative estimate of drug-likeness (QED) is 0.702. The minimum absolute atomic E-state index is 0.266. The van der Waals surface area contributed by atoms with Gasteiger partial charge in [0.1, 0.15) is 5.75 Å². The number of anilines is 4. The van der Waals surface area contributed by atoms with E-state index in [1.165, 1.54) is 22.5 Å². The summed E-state index contributed by atoms with van der Waals surface area (Å²) in [5.41, 5.74) is 7.01. The summed E-state index contributed by atoms with van der Waals surface area (Å²) >= 11 is 0. The fourth-order valence-corrected chi connectivity index (χ4v) is 3.26. The molecule has 0 spiro atoms. The molecule has 120 valence electrons. The number of phenols is 1. The minimum Gasteiger partial charge on any atom is -0.508 e. The number of fused-ring (bicyclic) bond motifs is 1. The lowest BCUT2D eigenvalue weighted by Crippen LogP contribution is -2.13. The summed E-state index contributed by atoms with van der Waals surface area (Å²) in [4.78, 5) is 2.36. The molecule has 0 saturated carbocycles. The standard InChI is InChI=1S/C21H20N2O/c1-15-9-10-18(23-12-11-16-5-2-3-8-21(16)23)14-20(15)22-17-6-4-7-19(24)13-17/h2-10,13-14,22,24H,11-12H2,1H3. The molecule has 24 heavy (non-hydrogen) atoms. The van der Waals surface area contributed by atoms with Crippen LogP contribution in [0, 0.1) is 6.92 Å². The van der Waals surface area contributed by atoms with Gasteiger partial charge in [-0.3, -0.25) is 0 Å². The molecule has 3 nitrogen and oxygen atoms in total. The molecule has 1 aliphatic rings. The van der Waals surface area contributed by atoms with Crippen LogP contribution < -0.4 is 10.2 Å². The lowest BCUT2D eigenvalue weighted by atomic mass is 10.1. The summed E-state index contributed by atoms with van der Waals surface area (Å²) in [5.74, 6) is 0.266. The van der Waals surface area contributed by atoms with E-state index in [0.29, 0.717) is 0 Å². The minimum atomic E-state index is 0.266. The van der Waals surface area contributed by atoms with Crippen LogP contribution in [0.2, 0.25) is 0 Å². The van der Waals surface area contributed by atoms with E-state index in [1.807, 2.05) is 12.1 Å². The predicted octanol–water partition coefficient (Wildman–Crippen LogP) is 5.14. The zero-order valence-electron chi connectivity index (χ0n) is 13.7. The molecule has 3 aromatic carbocycles. The highest BCUT2D eigenvalue weighted by Gasteiger charge is 2.20. The highest BCUT2D eigenvalue weighted by atomic mass is 16.3. The van der Waals surface area contributed by atoms with Crippen molar-refractivity contribution in [2.24, 2.45) is 0 Å². The van der Waals surface area contributed by atoms with Crippen LogP contribution >= 0.6 is 0 Å². The average Bonchev–Trinajstić information content (AvgIpc) is 3.01. The predicted molar refractivity (Wildman–Crippen MR) is 99.7 cm³/mol. The van der Waals surface area contributed by atoms with Crippen molar-refractivity contribution in [2.45, 2.75) is 13.3 Å². The maximum atomic E-state index is 9.65. The zero-order chi connectivity index (χ0) is 16.5. The van der Waals surface area contributed by atoms with E-state index in [9.17, 15) is 5.11 Å². The van der Waals surface area contributed by atoms with E-state index in [4.69, 9.17) is 0 Å². The zero-order valence-corrected chi connectivity index (χ0v) is 13.7. The maximum Gasteiger partial charge on any atom is 0.117 e. The van der Waals surface area contributed by atoms with Gasteiger partial charge in [-0.1, -0.05) is 30.3 Å². The van der Waals surface area contributed by atoms with E-state index in [2.05, 4.69) is 59.6 Å². The third-order valence-electron chi connectivity index (χ3n) is 4.55. The van der Waals surface area contributed by atoms with Gasteiger partial charge in [0.2, 0.25) is 0 Å². The van der Waals surface area contributed by atoms with Crippen molar-refractivity contribution in [2.75, 3.05) is 16.8 Å². The van der Waals surface area contributed by atoms with E-state index in [0.717, 1.165) is 24.3 Å². The van der Waals surface area contributed by atoms with Gasteiger partial charge in [0.05, 0.1) is 0 Å². The molecule has 0 saturated heterocycles. The van der Waals surface area contributed by atoms with Crippen molar-refractivity contribution < 1.29 is 5.11 Å². The molecule has 0 unspecified atom stereocenters. The van der Waals surface area contributed by atoms with Crippen LogP contribution in [-0.4, -0.2) is 11.7 Å². The Morgan fingerprint density at radius 3 is 2.71 bits per heavy atom. The molecule has 1 aliphatic heterocycles. The second-order valence-electron chi connectivity index (χ2n) is 6.20. The van der Waals surface area contributed by atoms with Gasteiger partial charge in [0.25, 0.3) is 0 Å². The number of hydrogen-bond donors (Lipinski definition) is 2. The molecule has 0 fully saturated rings. The number of phenolic OH excluding ortho intramolecular Hbond substituents is 1. The first kappa shape index (κ1) is 14.6. The molecule has 0 bridgehead atoms. The summed E-state index contributed by atoms with van der Waals surface area (Å²) in [6.07, 6.45) is 1.08. The van der Waals surface area contributed by atoms with Gasteiger partial charge in [0, 0.05) is 35.4 Å². The monoisotopic (exact) mass is 316 g/mol. The van der Waals surface area contributed by atoms with E-state index in [1.54, 1.807) is 12.1 Å². The summed E-state index contributed by atoms with van der Waals surface area (Å²) < 4.78 is 0. The molecular formula is C21H20N2O. The van der Waals surface area contributed by atoms with Gasteiger partial charge in [-0.2, -0.15) is 0 Å². The maximum absolute atomic E-state index is 9.65. The number of nitrogens with zero attached hydrogens (tertiary/aromatic N) is 1. The van der Waals surface area contributed by atoms with Crippen LogP contribution in [0.15, 0.2) is 66.7 Å². The fraction of sp³-hybridized carbons (Fsp3) is 0.143. The van der Waals surface area contributed by atoms with Crippen LogP contribution in [0.5, 0.6) is 5.75 Å². The molecule has 3 heteroatoms. The topological polar surface area (TPSA) is 35.5 Å². The van der Waals surface area contributed by atoms with Crippen molar-refractivity contribution >= 4 is 22.7 Å². The lowest BCUT2D eigenvalue weighted by Gasteiger charge is -2.21. The van der Waals surface area contributed by atoms with Gasteiger partial charge in [-0.25, -0.2) is 0 Å². The van der Waals surface area contributed by atoms with Crippen molar-refractivity contribution in [1.82, 2.24) is 0 Å². The van der Waals surface area contributed by atoms with Crippen LogP contribution in [0.1, 0.15) is 11.1 Å². The van der Waals surface area contributed by atoms with E-state index < -0.39 is 0 Å². The van der Waals surface area contributed by atoms with E-state index >= 15 is 0 Å². The summed E-state index contributed by atoms with van der Waals surface area (Å²) in [5, 5.41) is 13.1. The van der Waals surface area contributed by atoms with Gasteiger partial charge >= 0.3 is 0 Å². The Labute approximate surface area is 142 Å². The third-order valence-corrected chi connectivity index (χ3v) is 4.55. The Kier molecular flexibility index (Phi) is 3.62. The first-order valence-electron chi connectivity index (χ1n) is 8.23. The Balaban J connectivity index is 1.67. The molecule has 1 heterocycles. The molecular weight excluding hydrogens is 296 g/mol. The second kappa shape index (κ2) is 5.93. The highest BCUT2D eigenvalue weighted by Crippen LogP contribution is 2.36. The number of hydrogen-bond acceptors (Lipinski definition) is 3. The number of benzene rings is 3. The number of aromatic hydroxyl groups is 1. The van der Waals surface area contributed by atoms with Gasteiger partial charge in [0.15, 0.2) is 0 Å². The van der Waals surface area contributed by atoms with Crippen molar-refractivity contribution in [1.29, 1.82) is 0 Å². The highest BCUT2D eigenvalue weighted by molar-refractivity contribution is 5.75. The Morgan fingerprint density at radius 1 is 0.958 bits per heavy atom. The number of para-hydroxylation sites is 1. The molecule has 0 atom stereocenters. The molecule has 0 aliphatic carbocycles. The Bertz CT molecular complexity index is 889. The second-order valence-corrected chi connectivity index (χ2v) is 6.20. The Morgan fingerprint density at radius 2 is 1.83 bits per heavy atom. The van der Waals surface area contributed by atoms with E-state index in [-0.39, 0.29) is 5.75 Å². The van der Waals surface area contributed by atoms with Crippen molar-refractivity contribution in [3.8, 4) is 5.75 Å². The Hall–Kier alpha value is -2.94. The van der Waals surface area contributed by atoms with Gasteiger partial charge < -0.3 is 15.3 Å². The smallest absolute Gasteiger partial charge is 0.117 e. The molecule has 0 amide bonds. The fourth-order valence-electron chi connectivity index (χ4n) is 3.26. The average molecular weight is 316 g/mol. The molecule has 2 N–H and O–H groups in total. The van der Waals surface area contributed by atoms with Crippen LogP contribution in [-0.2, 0) is 6.42 Å². The number of aryl methyl sites for hydroxylation is 1. The first-order valence-corrected chi connectivity index (χ1v) is 8.23. The number of nitrogens with one attached hydrogen (secondary N) is 1. The lowest BCUT2D eigenvalue weighted by molar-refractivity contribution is 0.475. The summed E-state index contributed by atoms with van der Waals surface area (Å²) in [6.45, 7) is 3.10. The number of rotatable bonds is 3. The van der Waals surface area contributed by atoms with Crippen LogP contribution in [0.3, 0.4) is 0 Å². The SMILES string of the molecule is Cc1ccc(N2CCc3ccccc32)cc1Nc1cccc(O)c1. The van der Waals surface area contributed by atoms with Gasteiger partial charge in [-0.15, -0.1) is 0 Å². The molecule has 4 rings (SSSR count). The largest absolute Gasteiger partial charge is 0.508 e. The summed E-state index contributed by atoms with van der Waals surface area (Å²) in [6, 6.07) is 22.3.